The molecule has 6 nitrogen and oxygen atoms in total. The molecule has 0 radical (unpaired) electrons. The van der Waals surface area contributed by atoms with Crippen molar-refractivity contribution in [3.8, 4) is 12.0 Å². The number of hydrogen-bond donors (Lipinski definition) is 1. The van der Waals surface area contributed by atoms with Crippen LogP contribution < -0.4 is 14.8 Å². The lowest BCUT2D eigenvalue weighted by Gasteiger charge is -2.06. The molecule has 0 fully saturated rings. The van der Waals surface area contributed by atoms with Crippen molar-refractivity contribution in [1.29, 1.82) is 0 Å². The quantitative estimate of drug-likeness (QED) is 0.907. The summed E-state index contributed by atoms with van der Waals surface area (Å²) in [7, 11) is 2.99. The number of hydrogen-bond acceptors (Lipinski definition) is 7. The van der Waals surface area contributed by atoms with Crippen LogP contribution in [0.4, 0.5) is 5.95 Å². The number of methoxy groups -OCH3 is 2. The Balaban J connectivity index is 2.08. The fourth-order valence-electron chi connectivity index (χ4n) is 1.21. The van der Waals surface area contributed by atoms with Crippen LogP contribution in [0.25, 0.3) is 0 Å². The Labute approximate surface area is 117 Å². The molecule has 2 heterocycles. The summed E-state index contributed by atoms with van der Waals surface area (Å²) in [5.41, 5.74) is 0. The zero-order valence-electron chi connectivity index (χ0n) is 9.81. The molecule has 96 valence electrons. The standard InChI is InChI=1S/C10H11BrN4O2S/c1-16-9-13-8(14-10(15-9)17-2)12-5-6-3-4-7(11)18-6/h3-4H,5H2,1-2H3,(H,12,13,14,15). The van der Waals surface area contributed by atoms with E-state index in [0.717, 1.165) is 3.79 Å². The minimum Gasteiger partial charge on any atom is -0.467 e. The van der Waals surface area contributed by atoms with Gasteiger partial charge in [-0.2, -0.15) is 9.97 Å². The topological polar surface area (TPSA) is 69.2 Å². The van der Waals surface area contributed by atoms with Gasteiger partial charge in [-0.3, -0.25) is 0 Å². The summed E-state index contributed by atoms with van der Waals surface area (Å²) < 4.78 is 11.0. The van der Waals surface area contributed by atoms with Gasteiger partial charge in [-0.15, -0.1) is 16.3 Å². The van der Waals surface area contributed by atoms with Gasteiger partial charge in [0.1, 0.15) is 0 Å². The second-order valence-electron chi connectivity index (χ2n) is 3.19. The predicted molar refractivity (Wildman–Crippen MR) is 72.3 cm³/mol. The average molecular weight is 331 g/mol. The van der Waals surface area contributed by atoms with Crippen molar-refractivity contribution < 1.29 is 9.47 Å². The van der Waals surface area contributed by atoms with Gasteiger partial charge in [0.25, 0.3) is 0 Å². The van der Waals surface area contributed by atoms with E-state index in [1.807, 2.05) is 12.1 Å². The fourth-order valence-corrected chi connectivity index (χ4v) is 2.64. The molecule has 2 rings (SSSR count). The number of anilines is 1. The SMILES string of the molecule is COc1nc(NCc2ccc(Br)s2)nc(OC)n1. The van der Waals surface area contributed by atoms with Crippen molar-refractivity contribution in [2.24, 2.45) is 0 Å². The number of aromatic nitrogens is 3. The number of nitrogens with zero attached hydrogens (tertiary/aromatic N) is 3. The molecule has 0 atom stereocenters. The molecule has 0 amide bonds. The maximum Gasteiger partial charge on any atom is 0.324 e. The van der Waals surface area contributed by atoms with Crippen LogP contribution in [0.3, 0.4) is 0 Å². The van der Waals surface area contributed by atoms with E-state index in [2.05, 4.69) is 36.2 Å². The largest absolute Gasteiger partial charge is 0.467 e. The van der Waals surface area contributed by atoms with E-state index in [1.165, 1.54) is 19.1 Å². The molecule has 0 saturated heterocycles. The third-order valence-electron chi connectivity index (χ3n) is 2.01. The number of rotatable bonds is 5. The van der Waals surface area contributed by atoms with Crippen LogP contribution in [0.2, 0.25) is 0 Å². The zero-order valence-corrected chi connectivity index (χ0v) is 12.2. The van der Waals surface area contributed by atoms with Crippen LogP contribution in [0.1, 0.15) is 4.88 Å². The molecule has 0 aliphatic carbocycles. The Hall–Kier alpha value is -1.41. The highest BCUT2D eigenvalue weighted by Gasteiger charge is 2.07. The molecular formula is C10H11BrN4O2S. The maximum atomic E-state index is 4.97. The van der Waals surface area contributed by atoms with E-state index in [0.29, 0.717) is 12.5 Å². The number of nitrogens with one attached hydrogen (secondary N) is 1. The second kappa shape index (κ2) is 5.96. The summed E-state index contributed by atoms with van der Waals surface area (Å²) in [6.07, 6.45) is 0. The van der Waals surface area contributed by atoms with Gasteiger partial charge < -0.3 is 14.8 Å². The molecule has 1 N–H and O–H groups in total. The first kappa shape index (κ1) is 13.0. The lowest BCUT2D eigenvalue weighted by molar-refractivity contribution is 0.341. The van der Waals surface area contributed by atoms with Crippen molar-refractivity contribution in [2.75, 3.05) is 19.5 Å². The van der Waals surface area contributed by atoms with Crippen LogP contribution in [-0.4, -0.2) is 29.2 Å². The fraction of sp³-hybridized carbons (Fsp3) is 0.300. The van der Waals surface area contributed by atoms with E-state index in [1.54, 1.807) is 11.3 Å². The molecule has 0 aromatic carbocycles. The molecule has 0 aliphatic heterocycles. The molecule has 0 bridgehead atoms. The van der Waals surface area contributed by atoms with E-state index in [4.69, 9.17) is 9.47 Å². The minimum atomic E-state index is 0.219. The molecule has 8 heteroatoms. The van der Waals surface area contributed by atoms with Crippen LogP contribution >= 0.6 is 27.3 Å². The summed E-state index contributed by atoms with van der Waals surface area (Å²) in [4.78, 5) is 13.2. The van der Waals surface area contributed by atoms with Gasteiger partial charge in [0.05, 0.1) is 24.6 Å². The molecule has 2 aromatic heterocycles. The smallest absolute Gasteiger partial charge is 0.324 e. The summed E-state index contributed by atoms with van der Waals surface area (Å²) in [5.74, 6) is 0.420. The maximum absolute atomic E-state index is 4.97. The minimum absolute atomic E-state index is 0.219. The number of thiophene rings is 1. The normalized spacial score (nSPS) is 10.2. The molecule has 0 saturated carbocycles. The molecular weight excluding hydrogens is 320 g/mol. The third kappa shape index (κ3) is 3.30. The Kier molecular flexibility index (Phi) is 4.32. The Morgan fingerprint density at radius 3 is 2.33 bits per heavy atom. The Morgan fingerprint density at radius 2 is 1.83 bits per heavy atom. The third-order valence-corrected chi connectivity index (χ3v) is 3.63. The van der Waals surface area contributed by atoms with Crippen LogP contribution in [0, 0.1) is 0 Å². The highest BCUT2D eigenvalue weighted by molar-refractivity contribution is 9.11. The van der Waals surface area contributed by atoms with Gasteiger partial charge >= 0.3 is 12.0 Å². The van der Waals surface area contributed by atoms with Gasteiger partial charge in [-0.1, -0.05) is 0 Å². The summed E-state index contributed by atoms with van der Waals surface area (Å²) >= 11 is 5.06. The monoisotopic (exact) mass is 330 g/mol. The molecule has 0 aliphatic rings. The van der Waals surface area contributed by atoms with Crippen molar-refractivity contribution in [2.45, 2.75) is 6.54 Å². The van der Waals surface area contributed by atoms with Gasteiger partial charge in [0.15, 0.2) is 0 Å². The van der Waals surface area contributed by atoms with Crippen LogP contribution in [0.15, 0.2) is 15.9 Å². The molecule has 0 unspecified atom stereocenters. The Morgan fingerprint density at radius 1 is 1.17 bits per heavy atom. The lowest BCUT2D eigenvalue weighted by Crippen LogP contribution is -2.06. The summed E-state index contributed by atoms with van der Waals surface area (Å²) in [6, 6.07) is 4.46. The van der Waals surface area contributed by atoms with E-state index in [-0.39, 0.29) is 12.0 Å². The molecule has 2 aromatic rings. The van der Waals surface area contributed by atoms with Crippen molar-refractivity contribution >= 4 is 33.2 Å². The van der Waals surface area contributed by atoms with Crippen molar-refractivity contribution in [3.05, 3.63) is 20.8 Å². The molecule has 0 spiro atoms. The molecule has 18 heavy (non-hydrogen) atoms. The highest BCUT2D eigenvalue weighted by atomic mass is 79.9. The lowest BCUT2D eigenvalue weighted by atomic mass is 10.5. The number of halogens is 1. The average Bonchev–Trinajstić information content (AvgIpc) is 2.81. The van der Waals surface area contributed by atoms with Crippen LogP contribution in [-0.2, 0) is 6.54 Å². The second-order valence-corrected chi connectivity index (χ2v) is 5.74. The summed E-state index contributed by atoms with van der Waals surface area (Å²) in [6.45, 7) is 0.632. The first-order valence-electron chi connectivity index (χ1n) is 5.03. The first-order chi connectivity index (χ1) is 8.71. The van der Waals surface area contributed by atoms with Crippen LogP contribution in [0.5, 0.6) is 12.0 Å². The number of ether oxygens (including phenoxy) is 2. The van der Waals surface area contributed by atoms with Gasteiger partial charge in [0.2, 0.25) is 5.95 Å². The van der Waals surface area contributed by atoms with E-state index < -0.39 is 0 Å². The first-order valence-corrected chi connectivity index (χ1v) is 6.64. The zero-order chi connectivity index (χ0) is 13.0. The Bertz CT molecular complexity index is 512. The highest BCUT2D eigenvalue weighted by Crippen LogP contribution is 2.22. The van der Waals surface area contributed by atoms with Gasteiger partial charge in [-0.05, 0) is 28.1 Å². The van der Waals surface area contributed by atoms with Crippen molar-refractivity contribution in [3.63, 3.8) is 0 Å². The summed E-state index contributed by atoms with van der Waals surface area (Å²) in [5, 5.41) is 3.09. The van der Waals surface area contributed by atoms with E-state index >= 15 is 0 Å². The van der Waals surface area contributed by atoms with Gasteiger partial charge in [0, 0.05) is 4.88 Å². The van der Waals surface area contributed by atoms with Crippen molar-refractivity contribution in [1.82, 2.24) is 15.0 Å². The predicted octanol–water partition coefficient (Wildman–Crippen LogP) is 2.32. The van der Waals surface area contributed by atoms with E-state index in [9.17, 15) is 0 Å². The van der Waals surface area contributed by atoms with Gasteiger partial charge in [-0.25, -0.2) is 0 Å².